The fourth-order valence-corrected chi connectivity index (χ4v) is 4.48. The minimum atomic E-state index is -0.0762. The van der Waals surface area contributed by atoms with E-state index in [4.69, 9.17) is 9.15 Å². The first kappa shape index (κ1) is 20.2. The second-order valence-corrected chi connectivity index (χ2v) is 8.18. The molecule has 5 heteroatoms. The number of benzene rings is 1. The maximum absolute atomic E-state index is 13.2. The Morgan fingerprint density at radius 2 is 2.00 bits per heavy atom. The molecular weight excluding hydrogens is 364 g/mol. The molecule has 1 saturated heterocycles. The molecule has 2 aromatic rings. The zero-order valence-corrected chi connectivity index (χ0v) is 17.7. The van der Waals surface area contributed by atoms with Crippen LogP contribution in [0.1, 0.15) is 65.3 Å². The number of hydrogen-bond donors (Lipinski definition) is 0. The number of carbonyl (C=O) groups excluding carboxylic acids is 1. The topological polar surface area (TPSA) is 45.9 Å². The lowest BCUT2D eigenvalue weighted by Gasteiger charge is -2.30. The molecule has 1 fully saturated rings. The van der Waals surface area contributed by atoms with Crippen molar-refractivity contribution in [1.29, 1.82) is 0 Å². The summed E-state index contributed by atoms with van der Waals surface area (Å²) >= 11 is 0. The Morgan fingerprint density at radius 1 is 1.21 bits per heavy atom. The first-order valence-corrected chi connectivity index (χ1v) is 11.0. The monoisotopic (exact) mass is 396 g/mol. The normalized spacial score (nSPS) is 19.7. The number of likely N-dealkylation sites (N-methyl/N-ethyl adjacent to an activating group) is 1. The molecule has 0 aliphatic carbocycles. The summed E-state index contributed by atoms with van der Waals surface area (Å²) in [5.74, 6) is 1.25. The molecule has 1 atom stereocenters. The molecule has 0 saturated carbocycles. The van der Waals surface area contributed by atoms with Crippen molar-refractivity contribution >= 4 is 5.91 Å². The van der Waals surface area contributed by atoms with Crippen LogP contribution >= 0.6 is 0 Å². The molecule has 0 bridgehead atoms. The average molecular weight is 397 g/mol. The number of nitrogens with zero attached hydrogens (tertiary/aromatic N) is 2. The Balaban J connectivity index is 1.46. The summed E-state index contributed by atoms with van der Waals surface area (Å²) in [4.78, 5) is 17.5. The summed E-state index contributed by atoms with van der Waals surface area (Å²) in [5.41, 5.74) is 3.65. The molecule has 0 unspecified atom stereocenters. The molecule has 1 amide bonds. The van der Waals surface area contributed by atoms with Gasteiger partial charge in [-0.1, -0.05) is 30.7 Å². The second kappa shape index (κ2) is 9.14. The zero-order chi connectivity index (χ0) is 20.2. The van der Waals surface area contributed by atoms with Gasteiger partial charge in [0.15, 0.2) is 5.76 Å². The number of furan rings is 1. The van der Waals surface area contributed by atoms with Crippen molar-refractivity contribution in [3.8, 4) is 0 Å². The van der Waals surface area contributed by atoms with Crippen LogP contribution in [0, 0.1) is 6.92 Å². The number of piperidine rings is 1. The molecule has 156 valence electrons. The summed E-state index contributed by atoms with van der Waals surface area (Å²) in [5, 5.41) is 0. The number of amides is 1. The highest BCUT2D eigenvalue weighted by atomic mass is 16.5. The molecule has 0 spiro atoms. The Morgan fingerprint density at radius 3 is 2.79 bits per heavy atom. The first-order valence-electron chi connectivity index (χ1n) is 11.0. The van der Waals surface area contributed by atoms with E-state index in [1.807, 2.05) is 30.9 Å². The van der Waals surface area contributed by atoms with Gasteiger partial charge in [0.25, 0.3) is 5.91 Å². The van der Waals surface area contributed by atoms with Gasteiger partial charge in [-0.2, -0.15) is 0 Å². The SMILES string of the molecule is CCN(C[C@H]1OCCc2ccccc21)C(=O)c1cc(CN2CCCCC2)c(C)o1. The lowest BCUT2D eigenvalue weighted by atomic mass is 9.97. The van der Waals surface area contributed by atoms with Crippen LogP contribution in [0.25, 0.3) is 0 Å². The van der Waals surface area contributed by atoms with E-state index in [2.05, 4.69) is 23.1 Å². The number of likely N-dealkylation sites (tertiary alicyclic amines) is 1. The molecule has 0 N–H and O–H groups in total. The highest BCUT2D eigenvalue weighted by Crippen LogP contribution is 2.28. The third kappa shape index (κ3) is 4.57. The van der Waals surface area contributed by atoms with E-state index in [1.54, 1.807) is 0 Å². The van der Waals surface area contributed by atoms with Crippen LogP contribution in [-0.2, 0) is 17.7 Å². The van der Waals surface area contributed by atoms with Crippen LogP contribution in [-0.4, -0.2) is 48.5 Å². The van der Waals surface area contributed by atoms with Crippen molar-refractivity contribution in [1.82, 2.24) is 9.80 Å². The molecule has 3 heterocycles. The van der Waals surface area contributed by atoms with Crippen LogP contribution in [0.3, 0.4) is 0 Å². The minimum Gasteiger partial charge on any atom is -0.456 e. The highest BCUT2D eigenvalue weighted by molar-refractivity contribution is 5.91. The quantitative estimate of drug-likeness (QED) is 0.728. The lowest BCUT2D eigenvalue weighted by molar-refractivity contribution is 0.0154. The number of aryl methyl sites for hydroxylation is 1. The Hall–Kier alpha value is -2.11. The number of fused-ring (bicyclic) bond motifs is 1. The van der Waals surface area contributed by atoms with Gasteiger partial charge in [0, 0.05) is 18.7 Å². The van der Waals surface area contributed by atoms with Gasteiger partial charge in [0.2, 0.25) is 0 Å². The molecule has 4 rings (SSSR count). The molecule has 29 heavy (non-hydrogen) atoms. The van der Waals surface area contributed by atoms with E-state index in [0.717, 1.165) is 37.4 Å². The molecule has 0 radical (unpaired) electrons. The van der Waals surface area contributed by atoms with Crippen molar-refractivity contribution in [2.24, 2.45) is 0 Å². The average Bonchev–Trinajstić information content (AvgIpc) is 3.12. The molecular formula is C24H32N2O3. The Bertz CT molecular complexity index is 838. The first-order chi connectivity index (χ1) is 14.2. The van der Waals surface area contributed by atoms with E-state index >= 15 is 0 Å². The summed E-state index contributed by atoms with van der Waals surface area (Å²) in [7, 11) is 0. The van der Waals surface area contributed by atoms with Crippen LogP contribution < -0.4 is 0 Å². The lowest BCUT2D eigenvalue weighted by Crippen LogP contribution is -2.36. The summed E-state index contributed by atoms with van der Waals surface area (Å²) in [6.07, 6.45) is 4.70. The van der Waals surface area contributed by atoms with Crippen LogP contribution in [0.15, 0.2) is 34.7 Å². The third-order valence-corrected chi connectivity index (χ3v) is 6.22. The fourth-order valence-electron chi connectivity index (χ4n) is 4.48. The van der Waals surface area contributed by atoms with Gasteiger partial charge in [0.05, 0.1) is 13.2 Å². The van der Waals surface area contributed by atoms with Gasteiger partial charge < -0.3 is 14.1 Å². The number of hydrogen-bond acceptors (Lipinski definition) is 4. The van der Waals surface area contributed by atoms with Gasteiger partial charge in [-0.15, -0.1) is 0 Å². The summed E-state index contributed by atoms with van der Waals surface area (Å²) in [6, 6.07) is 10.3. The van der Waals surface area contributed by atoms with E-state index in [0.29, 0.717) is 25.5 Å². The van der Waals surface area contributed by atoms with Crippen LogP contribution in [0.4, 0.5) is 0 Å². The summed E-state index contributed by atoms with van der Waals surface area (Å²) in [6.45, 7) is 8.99. The van der Waals surface area contributed by atoms with E-state index in [9.17, 15) is 4.79 Å². The minimum absolute atomic E-state index is 0.0489. The van der Waals surface area contributed by atoms with Crippen molar-refractivity contribution in [2.75, 3.05) is 32.8 Å². The van der Waals surface area contributed by atoms with Gasteiger partial charge in [-0.25, -0.2) is 0 Å². The molecule has 1 aromatic carbocycles. The molecule has 1 aromatic heterocycles. The molecule has 2 aliphatic rings. The number of ether oxygens (including phenoxy) is 1. The fraction of sp³-hybridized carbons (Fsp3) is 0.542. The Labute approximate surface area is 173 Å². The highest BCUT2D eigenvalue weighted by Gasteiger charge is 2.27. The predicted molar refractivity (Wildman–Crippen MR) is 113 cm³/mol. The van der Waals surface area contributed by atoms with Gasteiger partial charge in [-0.05, 0) is 63.4 Å². The van der Waals surface area contributed by atoms with Gasteiger partial charge in [-0.3, -0.25) is 9.69 Å². The van der Waals surface area contributed by atoms with Crippen molar-refractivity contribution in [3.63, 3.8) is 0 Å². The molecule has 2 aliphatic heterocycles. The number of carbonyl (C=O) groups is 1. The van der Waals surface area contributed by atoms with Gasteiger partial charge in [0.1, 0.15) is 11.9 Å². The maximum Gasteiger partial charge on any atom is 0.289 e. The number of rotatable bonds is 6. The largest absolute Gasteiger partial charge is 0.456 e. The third-order valence-electron chi connectivity index (χ3n) is 6.22. The van der Waals surface area contributed by atoms with Gasteiger partial charge >= 0.3 is 0 Å². The standard InChI is InChI=1S/C24H32N2O3/c1-3-26(17-23-21-10-6-5-9-19(21)11-14-28-23)24(27)22-15-20(18(2)29-22)16-25-12-7-4-8-13-25/h5-6,9-10,15,23H,3-4,7-8,11-14,16-17H2,1-2H3/t23-/m1/s1. The van der Waals surface area contributed by atoms with E-state index in [-0.39, 0.29) is 12.0 Å². The van der Waals surface area contributed by atoms with Crippen molar-refractivity contribution in [3.05, 3.63) is 58.5 Å². The summed E-state index contributed by atoms with van der Waals surface area (Å²) < 4.78 is 11.9. The van der Waals surface area contributed by atoms with E-state index < -0.39 is 0 Å². The zero-order valence-electron chi connectivity index (χ0n) is 17.7. The van der Waals surface area contributed by atoms with Crippen molar-refractivity contribution in [2.45, 2.75) is 52.2 Å². The predicted octanol–water partition coefficient (Wildman–Crippen LogP) is 4.35. The van der Waals surface area contributed by atoms with Crippen molar-refractivity contribution < 1.29 is 13.9 Å². The Kier molecular flexibility index (Phi) is 6.36. The van der Waals surface area contributed by atoms with Crippen LogP contribution in [0.2, 0.25) is 0 Å². The van der Waals surface area contributed by atoms with E-state index in [1.165, 1.54) is 30.4 Å². The van der Waals surface area contributed by atoms with Crippen LogP contribution in [0.5, 0.6) is 0 Å². The molecule has 5 nitrogen and oxygen atoms in total. The smallest absolute Gasteiger partial charge is 0.289 e. The second-order valence-electron chi connectivity index (χ2n) is 8.18. The maximum atomic E-state index is 13.2.